The molecule has 33 heavy (non-hydrogen) atoms. The third kappa shape index (κ3) is 5.00. The van der Waals surface area contributed by atoms with Gasteiger partial charge >= 0.3 is 5.97 Å². The van der Waals surface area contributed by atoms with Crippen molar-refractivity contribution in [1.82, 2.24) is 4.90 Å². The van der Waals surface area contributed by atoms with Crippen molar-refractivity contribution in [2.45, 2.75) is 38.5 Å². The van der Waals surface area contributed by atoms with E-state index in [1.807, 2.05) is 19.9 Å². The smallest absolute Gasteiger partial charge is 0.303 e. The Labute approximate surface area is 193 Å². The second kappa shape index (κ2) is 9.70. The van der Waals surface area contributed by atoms with Crippen molar-refractivity contribution in [3.63, 3.8) is 0 Å². The van der Waals surface area contributed by atoms with Crippen LogP contribution in [-0.4, -0.2) is 86.2 Å². The summed E-state index contributed by atoms with van der Waals surface area (Å²) in [4.78, 5) is 27.4. The number of nitrogens with one attached hydrogen (secondary N) is 1. The second-order valence-corrected chi connectivity index (χ2v) is 9.17. The lowest BCUT2D eigenvalue weighted by molar-refractivity contribution is -0.944. The summed E-state index contributed by atoms with van der Waals surface area (Å²) in [6.45, 7) is 9.92. The molecule has 0 aromatic heterocycles. The molecular weight excluding hydrogens is 428 g/mol. The van der Waals surface area contributed by atoms with Gasteiger partial charge in [-0.15, -0.1) is 0 Å². The molecule has 1 aromatic carbocycles. The van der Waals surface area contributed by atoms with Gasteiger partial charge in [-0.05, 0) is 32.1 Å². The van der Waals surface area contributed by atoms with E-state index in [9.17, 15) is 14.7 Å². The summed E-state index contributed by atoms with van der Waals surface area (Å²) < 4.78 is 22.8. The molecule has 3 aliphatic heterocycles. The highest BCUT2D eigenvalue weighted by Gasteiger charge is 2.52. The van der Waals surface area contributed by atoms with Crippen LogP contribution < -0.4 is 9.64 Å². The lowest BCUT2D eigenvalue weighted by Gasteiger charge is -2.46. The van der Waals surface area contributed by atoms with Crippen molar-refractivity contribution in [1.29, 1.82) is 0 Å². The zero-order valence-electron chi connectivity index (χ0n) is 19.5. The van der Waals surface area contributed by atoms with E-state index in [0.29, 0.717) is 69.5 Å². The van der Waals surface area contributed by atoms with E-state index in [0.717, 1.165) is 4.90 Å². The molecule has 2 atom stereocenters. The quantitative estimate of drug-likeness (QED) is 0.492. The summed E-state index contributed by atoms with van der Waals surface area (Å²) in [7, 11) is 0. The molecule has 1 amide bonds. The monoisotopic (exact) mass is 461 g/mol. The Bertz CT molecular complexity index is 918. The van der Waals surface area contributed by atoms with Gasteiger partial charge in [-0.2, -0.15) is 0 Å². The summed E-state index contributed by atoms with van der Waals surface area (Å²) in [5.41, 5.74) is 0.321. The number of ether oxygens (including phenoxy) is 4. The zero-order valence-corrected chi connectivity index (χ0v) is 19.5. The van der Waals surface area contributed by atoms with Gasteiger partial charge in [-0.1, -0.05) is 0 Å². The number of fused-ring (bicyclic) bond motifs is 1. The summed E-state index contributed by atoms with van der Waals surface area (Å²) in [5, 5.41) is 11.3. The maximum Gasteiger partial charge on any atom is 0.303 e. The van der Waals surface area contributed by atoms with Crippen molar-refractivity contribution in [2.75, 3.05) is 52.6 Å². The molecule has 0 radical (unpaired) electrons. The number of carbonyl (C=O) groups is 2. The molecule has 2 N–H and O–H groups in total. The van der Waals surface area contributed by atoms with Crippen LogP contribution in [-0.2, 0) is 23.8 Å². The second-order valence-electron chi connectivity index (χ2n) is 9.17. The molecule has 1 aromatic rings. The molecular formula is C24H33N2O7+. The van der Waals surface area contributed by atoms with Gasteiger partial charge in [0.15, 0.2) is 12.1 Å². The largest absolute Gasteiger partial charge is 0.507 e. The molecule has 0 aliphatic carbocycles. The van der Waals surface area contributed by atoms with Gasteiger partial charge < -0.3 is 33.9 Å². The van der Waals surface area contributed by atoms with Gasteiger partial charge in [0.25, 0.3) is 0 Å². The average molecular weight is 462 g/mol. The standard InChI is InChI=1S/C24H32N2O7/c1-16(27)32-23-21(26-10-14-31-15-11-26)20-18(33-24(23,2)3)6-4-17(22(20)29)5-7-19(28)25-8-12-30-13-9-25/h4-7,21,23,29H,8-15H2,1-3H3/p+1. The number of morpholine rings is 2. The van der Waals surface area contributed by atoms with Crippen molar-refractivity contribution >= 4 is 18.0 Å². The zero-order chi connectivity index (χ0) is 23.6. The van der Waals surface area contributed by atoms with Crippen LogP contribution in [0.1, 0.15) is 37.9 Å². The van der Waals surface area contributed by atoms with Gasteiger partial charge in [-0.3, -0.25) is 9.59 Å². The molecule has 3 aliphatic rings. The highest BCUT2D eigenvalue weighted by molar-refractivity contribution is 5.92. The first-order chi connectivity index (χ1) is 15.8. The predicted molar refractivity (Wildman–Crippen MR) is 119 cm³/mol. The minimum absolute atomic E-state index is 0.0372. The highest BCUT2D eigenvalue weighted by atomic mass is 16.6. The first-order valence-corrected chi connectivity index (χ1v) is 11.5. The van der Waals surface area contributed by atoms with Crippen LogP contribution in [0.25, 0.3) is 6.08 Å². The van der Waals surface area contributed by atoms with Crippen LogP contribution in [0.4, 0.5) is 0 Å². The molecule has 0 bridgehead atoms. The van der Waals surface area contributed by atoms with Gasteiger partial charge in [0.05, 0.1) is 32.0 Å². The number of benzene rings is 1. The van der Waals surface area contributed by atoms with Crippen LogP contribution in [0.5, 0.6) is 11.5 Å². The molecule has 2 fully saturated rings. The number of carbonyl (C=O) groups excluding carboxylic acids is 2. The van der Waals surface area contributed by atoms with Crippen LogP contribution in [0, 0.1) is 0 Å². The number of hydrogen-bond donors (Lipinski definition) is 2. The Morgan fingerprint density at radius 2 is 1.82 bits per heavy atom. The molecule has 0 spiro atoms. The number of amides is 1. The Hall–Kier alpha value is -2.62. The van der Waals surface area contributed by atoms with Crippen molar-refractivity contribution in [2.24, 2.45) is 0 Å². The number of phenolic OH excluding ortho intramolecular Hbond substituents is 1. The molecule has 3 heterocycles. The predicted octanol–water partition coefficient (Wildman–Crippen LogP) is 0.323. The fourth-order valence-corrected chi connectivity index (χ4v) is 4.83. The average Bonchev–Trinajstić information content (AvgIpc) is 2.80. The normalized spacial score (nSPS) is 25.4. The first-order valence-electron chi connectivity index (χ1n) is 11.5. The van der Waals surface area contributed by atoms with Gasteiger partial charge in [0.2, 0.25) is 5.91 Å². The minimum atomic E-state index is -0.787. The van der Waals surface area contributed by atoms with Crippen molar-refractivity contribution in [3.8, 4) is 11.5 Å². The number of hydrogen-bond acceptors (Lipinski definition) is 7. The maximum absolute atomic E-state index is 12.5. The number of nitrogens with zero attached hydrogens (tertiary/aromatic N) is 1. The Morgan fingerprint density at radius 3 is 2.48 bits per heavy atom. The van der Waals surface area contributed by atoms with Gasteiger partial charge in [0.1, 0.15) is 30.2 Å². The summed E-state index contributed by atoms with van der Waals surface area (Å²) in [5.74, 6) is 0.0714. The van der Waals surface area contributed by atoms with Crippen LogP contribution in [0.2, 0.25) is 0 Å². The Morgan fingerprint density at radius 1 is 1.15 bits per heavy atom. The lowest BCUT2D eigenvalue weighted by Crippen LogP contribution is -3.16. The SMILES string of the molecule is CC(=O)OC1C([NH+]2CCOCC2)c2c(ccc(C=CC(=O)N3CCOCC3)c2O)OC1(C)C. The van der Waals surface area contributed by atoms with Gasteiger partial charge in [0, 0.05) is 31.7 Å². The first kappa shape index (κ1) is 23.5. The van der Waals surface area contributed by atoms with E-state index < -0.39 is 17.7 Å². The summed E-state index contributed by atoms with van der Waals surface area (Å²) >= 11 is 0. The fourth-order valence-electron chi connectivity index (χ4n) is 4.83. The topological polar surface area (TPSA) is 99.0 Å². The Kier molecular flexibility index (Phi) is 6.92. The molecule has 2 unspecified atom stereocenters. The van der Waals surface area contributed by atoms with Crippen molar-refractivity contribution < 1.29 is 38.5 Å². The maximum atomic E-state index is 12.5. The molecule has 9 heteroatoms. The van der Waals surface area contributed by atoms with E-state index >= 15 is 0 Å². The highest BCUT2D eigenvalue weighted by Crippen LogP contribution is 2.45. The number of aromatic hydroxyl groups is 1. The Balaban J connectivity index is 1.70. The minimum Gasteiger partial charge on any atom is -0.507 e. The molecule has 0 saturated carbocycles. The molecule has 4 rings (SSSR count). The van der Waals surface area contributed by atoms with Crippen LogP contribution in [0.3, 0.4) is 0 Å². The number of phenols is 1. The fraction of sp³-hybridized carbons (Fsp3) is 0.583. The number of rotatable bonds is 4. The van der Waals surface area contributed by atoms with E-state index in [1.165, 1.54) is 13.0 Å². The van der Waals surface area contributed by atoms with Crippen molar-refractivity contribution in [3.05, 3.63) is 29.3 Å². The third-order valence-electron chi connectivity index (χ3n) is 6.48. The summed E-state index contributed by atoms with van der Waals surface area (Å²) in [6.07, 6.45) is 2.50. The van der Waals surface area contributed by atoms with Crippen LogP contribution in [0.15, 0.2) is 18.2 Å². The van der Waals surface area contributed by atoms with Gasteiger partial charge in [-0.25, -0.2) is 0 Å². The number of quaternary nitrogens is 1. The molecule has 180 valence electrons. The van der Waals surface area contributed by atoms with Crippen LogP contribution >= 0.6 is 0 Å². The molecule has 9 nitrogen and oxygen atoms in total. The van der Waals surface area contributed by atoms with E-state index in [2.05, 4.69) is 0 Å². The number of esters is 1. The van der Waals surface area contributed by atoms with E-state index in [-0.39, 0.29) is 17.7 Å². The molecule has 2 saturated heterocycles. The third-order valence-corrected chi connectivity index (χ3v) is 6.48. The van der Waals surface area contributed by atoms with E-state index in [1.54, 1.807) is 17.0 Å². The van der Waals surface area contributed by atoms with E-state index in [4.69, 9.17) is 18.9 Å². The summed E-state index contributed by atoms with van der Waals surface area (Å²) in [6, 6.07) is 3.22. The lowest BCUT2D eigenvalue weighted by atomic mass is 9.83.